The third-order valence-electron chi connectivity index (χ3n) is 5.06. The van der Waals surface area contributed by atoms with Crippen LogP contribution in [0, 0.1) is 29.1 Å². The topological polar surface area (TPSA) is 63.3 Å². The lowest BCUT2D eigenvalue weighted by Gasteiger charge is -2.58. The molecule has 4 fully saturated rings. The minimum Gasteiger partial charge on any atom is -0.396 e. The number of carbonyl (C=O) groups excluding carboxylic acids is 1. The summed E-state index contributed by atoms with van der Waals surface area (Å²) < 4.78 is 0. The summed E-state index contributed by atoms with van der Waals surface area (Å²) in [6.07, 6.45) is 5.59. The summed E-state index contributed by atoms with van der Waals surface area (Å²) in [7, 11) is 0. The zero-order valence-electron chi connectivity index (χ0n) is 8.98. The van der Waals surface area contributed by atoms with Crippen LogP contribution in [-0.2, 0) is 4.79 Å². The van der Waals surface area contributed by atoms with Crippen molar-refractivity contribution in [2.24, 2.45) is 34.8 Å². The van der Waals surface area contributed by atoms with E-state index in [4.69, 9.17) is 5.73 Å². The predicted molar refractivity (Wildman–Crippen MR) is 55.8 cm³/mol. The average molecular weight is 209 g/mol. The molecule has 4 bridgehead atoms. The molecule has 4 aliphatic rings. The molecular formula is C12H19NO2. The van der Waals surface area contributed by atoms with Gasteiger partial charge in [-0.2, -0.15) is 0 Å². The lowest BCUT2D eigenvalue weighted by atomic mass is 9.46. The first-order valence-electron chi connectivity index (χ1n) is 6.04. The summed E-state index contributed by atoms with van der Waals surface area (Å²) in [5, 5.41) is 9.54. The first-order chi connectivity index (χ1) is 7.13. The molecule has 0 aromatic carbocycles. The fraction of sp³-hybridized carbons (Fsp3) is 0.917. The summed E-state index contributed by atoms with van der Waals surface area (Å²) in [4.78, 5) is 11.4. The van der Waals surface area contributed by atoms with Gasteiger partial charge >= 0.3 is 0 Å². The summed E-state index contributed by atoms with van der Waals surface area (Å²) in [5.74, 6) is 1.71. The van der Waals surface area contributed by atoms with Crippen LogP contribution in [0.4, 0.5) is 0 Å². The maximum absolute atomic E-state index is 11.4. The first kappa shape index (κ1) is 9.64. The molecule has 0 aromatic heterocycles. The number of hydrogen-bond acceptors (Lipinski definition) is 2. The second kappa shape index (κ2) is 2.97. The van der Waals surface area contributed by atoms with Gasteiger partial charge in [-0.05, 0) is 55.3 Å². The van der Waals surface area contributed by atoms with Crippen LogP contribution in [0.2, 0.25) is 0 Å². The van der Waals surface area contributed by atoms with Crippen LogP contribution >= 0.6 is 0 Å². The Morgan fingerprint density at radius 3 is 2.33 bits per heavy atom. The Labute approximate surface area is 90.0 Å². The third-order valence-corrected chi connectivity index (χ3v) is 5.06. The average Bonchev–Trinajstić information content (AvgIpc) is 2.15. The molecule has 0 radical (unpaired) electrons. The highest BCUT2D eigenvalue weighted by molar-refractivity contribution is 5.77. The molecule has 3 nitrogen and oxygen atoms in total. The number of rotatable bonds is 2. The van der Waals surface area contributed by atoms with Crippen molar-refractivity contribution in [2.75, 3.05) is 6.61 Å². The lowest BCUT2D eigenvalue weighted by molar-refractivity contribution is -0.148. The highest BCUT2D eigenvalue weighted by atomic mass is 16.3. The molecule has 0 aliphatic heterocycles. The maximum Gasteiger partial charge on any atom is 0.221 e. The van der Waals surface area contributed by atoms with Crippen LogP contribution in [0.1, 0.15) is 32.1 Å². The van der Waals surface area contributed by atoms with Crippen LogP contribution < -0.4 is 5.73 Å². The minimum absolute atomic E-state index is 0.100. The van der Waals surface area contributed by atoms with Crippen molar-refractivity contribution >= 4 is 5.91 Å². The quantitative estimate of drug-likeness (QED) is 0.710. The van der Waals surface area contributed by atoms with Gasteiger partial charge in [0, 0.05) is 12.5 Å². The molecule has 15 heavy (non-hydrogen) atoms. The number of aliphatic hydroxyl groups is 1. The monoisotopic (exact) mass is 209 g/mol. The van der Waals surface area contributed by atoms with Gasteiger partial charge in [-0.15, -0.1) is 0 Å². The van der Waals surface area contributed by atoms with E-state index in [-0.39, 0.29) is 17.2 Å². The molecule has 0 aromatic rings. The van der Waals surface area contributed by atoms with Crippen molar-refractivity contribution in [3.8, 4) is 0 Å². The number of carbonyl (C=O) groups is 1. The standard InChI is InChI=1S/C12H19NO2/c13-11(15)10-8-1-7-2-9(10)5-12(3-7,4-8)6-14/h7-10,14H,1-6H2,(H2,13,15). The number of primary amides is 1. The van der Waals surface area contributed by atoms with Crippen LogP contribution in [0.15, 0.2) is 0 Å². The highest BCUT2D eigenvalue weighted by Gasteiger charge is 2.56. The van der Waals surface area contributed by atoms with Crippen molar-refractivity contribution in [1.29, 1.82) is 0 Å². The predicted octanol–water partition coefficient (Wildman–Crippen LogP) is 0.906. The van der Waals surface area contributed by atoms with Gasteiger partial charge < -0.3 is 10.8 Å². The van der Waals surface area contributed by atoms with Crippen molar-refractivity contribution in [2.45, 2.75) is 32.1 Å². The first-order valence-corrected chi connectivity index (χ1v) is 6.04. The van der Waals surface area contributed by atoms with Gasteiger partial charge in [0.2, 0.25) is 5.91 Å². The molecule has 4 rings (SSSR count). The van der Waals surface area contributed by atoms with E-state index < -0.39 is 0 Å². The van der Waals surface area contributed by atoms with Crippen LogP contribution in [0.3, 0.4) is 0 Å². The van der Waals surface area contributed by atoms with Crippen LogP contribution in [0.5, 0.6) is 0 Å². The zero-order valence-corrected chi connectivity index (χ0v) is 8.98. The largest absolute Gasteiger partial charge is 0.396 e. The Balaban J connectivity index is 1.91. The van der Waals surface area contributed by atoms with Crippen molar-refractivity contribution < 1.29 is 9.90 Å². The second-order valence-electron chi connectivity index (χ2n) is 6.06. The van der Waals surface area contributed by atoms with E-state index in [9.17, 15) is 9.90 Å². The third kappa shape index (κ3) is 1.25. The summed E-state index contributed by atoms with van der Waals surface area (Å²) in [6.45, 7) is 0.308. The van der Waals surface area contributed by atoms with Crippen LogP contribution in [0.25, 0.3) is 0 Å². The fourth-order valence-corrected chi connectivity index (χ4v) is 4.85. The molecule has 4 aliphatic carbocycles. The van der Waals surface area contributed by atoms with E-state index >= 15 is 0 Å². The Bertz CT molecular complexity index is 286. The van der Waals surface area contributed by atoms with E-state index in [0.29, 0.717) is 18.4 Å². The van der Waals surface area contributed by atoms with Gasteiger partial charge in [0.25, 0.3) is 0 Å². The summed E-state index contributed by atoms with van der Waals surface area (Å²) >= 11 is 0. The van der Waals surface area contributed by atoms with E-state index in [1.807, 2.05) is 0 Å². The SMILES string of the molecule is NC(=O)C1C2CC3CC1CC(CO)(C3)C2. The minimum atomic E-state index is -0.100. The molecule has 3 N–H and O–H groups in total. The normalized spacial score (nSPS) is 52.1. The summed E-state index contributed by atoms with van der Waals surface area (Å²) in [6, 6.07) is 0. The van der Waals surface area contributed by atoms with Crippen molar-refractivity contribution in [3.63, 3.8) is 0 Å². The van der Waals surface area contributed by atoms with Gasteiger partial charge in [0.15, 0.2) is 0 Å². The molecule has 0 saturated heterocycles. The van der Waals surface area contributed by atoms with E-state index in [1.165, 1.54) is 19.3 Å². The van der Waals surface area contributed by atoms with Gasteiger partial charge in [0.05, 0.1) is 0 Å². The fourth-order valence-electron chi connectivity index (χ4n) is 4.85. The number of amides is 1. The Morgan fingerprint density at radius 1 is 1.27 bits per heavy atom. The Morgan fingerprint density at radius 2 is 1.87 bits per heavy atom. The van der Waals surface area contributed by atoms with Gasteiger partial charge in [-0.1, -0.05) is 0 Å². The van der Waals surface area contributed by atoms with Crippen LogP contribution in [-0.4, -0.2) is 17.6 Å². The molecule has 2 unspecified atom stereocenters. The Kier molecular flexibility index (Phi) is 1.91. The molecule has 0 spiro atoms. The zero-order chi connectivity index (χ0) is 10.6. The number of hydrogen-bond donors (Lipinski definition) is 2. The molecule has 1 amide bonds. The Hall–Kier alpha value is -0.570. The van der Waals surface area contributed by atoms with Gasteiger partial charge in [0.1, 0.15) is 0 Å². The van der Waals surface area contributed by atoms with E-state index in [0.717, 1.165) is 18.8 Å². The molecule has 84 valence electrons. The van der Waals surface area contributed by atoms with Gasteiger partial charge in [-0.25, -0.2) is 0 Å². The smallest absolute Gasteiger partial charge is 0.221 e. The molecule has 4 saturated carbocycles. The van der Waals surface area contributed by atoms with E-state index in [2.05, 4.69) is 0 Å². The molecule has 2 atom stereocenters. The van der Waals surface area contributed by atoms with E-state index in [1.54, 1.807) is 0 Å². The highest BCUT2D eigenvalue weighted by Crippen LogP contribution is 2.61. The lowest BCUT2D eigenvalue weighted by Crippen LogP contribution is -2.55. The number of aliphatic hydroxyl groups excluding tert-OH is 1. The van der Waals surface area contributed by atoms with Crippen molar-refractivity contribution in [3.05, 3.63) is 0 Å². The molecule has 3 heteroatoms. The molecular weight excluding hydrogens is 190 g/mol. The van der Waals surface area contributed by atoms with Crippen molar-refractivity contribution in [1.82, 2.24) is 0 Å². The second-order valence-corrected chi connectivity index (χ2v) is 6.06. The summed E-state index contributed by atoms with van der Waals surface area (Å²) in [5.41, 5.74) is 5.66. The number of nitrogens with two attached hydrogens (primary N) is 1. The van der Waals surface area contributed by atoms with Gasteiger partial charge in [-0.3, -0.25) is 4.79 Å². The maximum atomic E-state index is 11.4. The molecule has 0 heterocycles.